The fraction of sp³-hybridized carbons (Fsp3) is 0. The minimum atomic E-state index is 1.03. The minimum absolute atomic E-state index is 1.03. The van der Waals surface area contributed by atoms with Gasteiger partial charge in [0.25, 0.3) is 0 Å². The zero-order valence-electron chi connectivity index (χ0n) is 13.1. The highest BCUT2D eigenvalue weighted by atomic mass is 14.7. The molecule has 0 saturated heterocycles. The molecular formula is C23H15N. The first-order valence-electron chi connectivity index (χ1n) is 8.17. The Morgan fingerprint density at radius 2 is 1.08 bits per heavy atom. The maximum atomic E-state index is 4.95. The van der Waals surface area contributed by atoms with Crippen molar-refractivity contribution in [2.45, 2.75) is 0 Å². The van der Waals surface area contributed by atoms with E-state index in [4.69, 9.17) is 4.98 Å². The number of fused-ring (bicyclic) bond motifs is 3. The van der Waals surface area contributed by atoms with E-state index in [-0.39, 0.29) is 0 Å². The Kier molecular flexibility index (Phi) is 2.86. The van der Waals surface area contributed by atoms with Gasteiger partial charge in [-0.25, -0.2) is 4.98 Å². The van der Waals surface area contributed by atoms with Crippen molar-refractivity contribution in [2.75, 3.05) is 0 Å². The van der Waals surface area contributed by atoms with Crippen LogP contribution in [0.3, 0.4) is 0 Å². The molecule has 0 fully saturated rings. The lowest BCUT2D eigenvalue weighted by molar-refractivity contribution is 1.42. The molecule has 0 unspecified atom stereocenters. The lowest BCUT2D eigenvalue weighted by Crippen LogP contribution is -1.89. The second-order valence-electron chi connectivity index (χ2n) is 6.08. The van der Waals surface area contributed by atoms with Gasteiger partial charge in [0, 0.05) is 10.9 Å². The lowest BCUT2D eigenvalue weighted by atomic mass is 9.94. The largest absolute Gasteiger partial charge is 0.248 e. The second-order valence-corrected chi connectivity index (χ2v) is 6.08. The topological polar surface area (TPSA) is 12.9 Å². The van der Waals surface area contributed by atoms with Crippen LogP contribution in [-0.2, 0) is 0 Å². The first kappa shape index (κ1) is 13.3. The first-order valence-corrected chi connectivity index (χ1v) is 8.17. The van der Waals surface area contributed by atoms with E-state index < -0.39 is 0 Å². The van der Waals surface area contributed by atoms with Gasteiger partial charge in [-0.1, -0.05) is 72.8 Å². The molecule has 1 aromatic heterocycles. The van der Waals surface area contributed by atoms with Crippen molar-refractivity contribution in [1.82, 2.24) is 4.98 Å². The monoisotopic (exact) mass is 305 g/mol. The molecule has 1 nitrogen and oxygen atoms in total. The summed E-state index contributed by atoms with van der Waals surface area (Å²) < 4.78 is 0. The summed E-state index contributed by atoms with van der Waals surface area (Å²) in [6, 6.07) is 31.9. The average molecular weight is 305 g/mol. The number of rotatable bonds is 1. The molecule has 24 heavy (non-hydrogen) atoms. The molecule has 1 heteroatoms. The fourth-order valence-electron chi connectivity index (χ4n) is 3.49. The molecule has 0 N–H and O–H groups in total. The van der Waals surface area contributed by atoms with Gasteiger partial charge < -0.3 is 0 Å². The molecule has 1 heterocycles. The number of pyridine rings is 1. The van der Waals surface area contributed by atoms with Gasteiger partial charge >= 0.3 is 0 Å². The third kappa shape index (κ3) is 1.99. The van der Waals surface area contributed by atoms with Crippen LogP contribution in [0.15, 0.2) is 91.0 Å². The zero-order chi connectivity index (χ0) is 15.9. The maximum absolute atomic E-state index is 4.95. The summed E-state index contributed by atoms with van der Waals surface area (Å²) in [5.41, 5.74) is 3.28. The predicted octanol–water partition coefficient (Wildman–Crippen LogP) is 6.21. The maximum Gasteiger partial charge on any atom is 0.0722 e. The summed E-state index contributed by atoms with van der Waals surface area (Å²) in [7, 11) is 0. The van der Waals surface area contributed by atoms with Gasteiger partial charge in [-0.3, -0.25) is 0 Å². The Morgan fingerprint density at radius 3 is 1.79 bits per heavy atom. The summed E-state index contributed by atoms with van der Waals surface area (Å²) in [5.74, 6) is 0. The van der Waals surface area contributed by atoms with Crippen LogP contribution in [-0.4, -0.2) is 4.98 Å². The molecule has 0 aliphatic rings. The van der Waals surface area contributed by atoms with Crippen LogP contribution in [0, 0.1) is 0 Å². The summed E-state index contributed by atoms with van der Waals surface area (Å²) >= 11 is 0. The smallest absolute Gasteiger partial charge is 0.0722 e. The number of aromatic nitrogens is 1. The van der Waals surface area contributed by atoms with Crippen molar-refractivity contribution in [3.8, 4) is 11.3 Å². The highest BCUT2D eigenvalue weighted by Crippen LogP contribution is 2.35. The normalized spacial score (nSPS) is 11.3. The van der Waals surface area contributed by atoms with Crippen molar-refractivity contribution in [3.63, 3.8) is 0 Å². The molecule has 4 aromatic carbocycles. The van der Waals surface area contributed by atoms with E-state index >= 15 is 0 Å². The molecule has 0 aliphatic heterocycles. The second kappa shape index (κ2) is 5.17. The molecule has 0 bridgehead atoms. The number of benzene rings is 4. The molecule has 5 aromatic rings. The van der Waals surface area contributed by atoms with E-state index in [9.17, 15) is 0 Å². The number of hydrogen-bond donors (Lipinski definition) is 0. The van der Waals surface area contributed by atoms with Gasteiger partial charge in [-0.15, -0.1) is 0 Å². The third-order valence-corrected chi connectivity index (χ3v) is 4.63. The van der Waals surface area contributed by atoms with Crippen LogP contribution in [0.4, 0.5) is 0 Å². The average Bonchev–Trinajstić information content (AvgIpc) is 2.65. The van der Waals surface area contributed by atoms with Crippen LogP contribution in [0.5, 0.6) is 0 Å². The highest BCUT2D eigenvalue weighted by molar-refractivity contribution is 6.12. The quantitative estimate of drug-likeness (QED) is 0.336. The summed E-state index contributed by atoms with van der Waals surface area (Å²) in [6.07, 6.45) is 0. The predicted molar refractivity (Wildman–Crippen MR) is 102 cm³/mol. The van der Waals surface area contributed by atoms with E-state index in [0.29, 0.717) is 0 Å². The summed E-state index contributed by atoms with van der Waals surface area (Å²) in [6.45, 7) is 0. The van der Waals surface area contributed by atoms with Crippen molar-refractivity contribution in [3.05, 3.63) is 91.0 Å². The third-order valence-electron chi connectivity index (χ3n) is 4.63. The van der Waals surface area contributed by atoms with Gasteiger partial charge in [0.15, 0.2) is 0 Å². The van der Waals surface area contributed by atoms with E-state index in [1.807, 2.05) is 6.07 Å². The number of hydrogen-bond acceptors (Lipinski definition) is 1. The van der Waals surface area contributed by atoms with Crippen LogP contribution < -0.4 is 0 Å². The van der Waals surface area contributed by atoms with E-state index in [1.54, 1.807) is 0 Å². The van der Waals surface area contributed by atoms with Crippen molar-refractivity contribution in [2.24, 2.45) is 0 Å². The Hall–Kier alpha value is -3.19. The standard InChI is InChI=1S/C23H15N/c1-4-10-19-17(8-1)15-18-9-2-5-11-20(18)23(19)22-14-13-16-7-3-6-12-21(16)24-22/h1-15H. The molecule has 0 amide bonds. The molecule has 5 rings (SSSR count). The highest BCUT2D eigenvalue weighted by Gasteiger charge is 2.11. The van der Waals surface area contributed by atoms with Gasteiger partial charge in [0.1, 0.15) is 0 Å². The number of para-hydroxylation sites is 1. The van der Waals surface area contributed by atoms with Gasteiger partial charge in [-0.05, 0) is 39.7 Å². The number of nitrogens with zero attached hydrogens (tertiary/aromatic N) is 1. The molecule has 0 saturated carbocycles. The van der Waals surface area contributed by atoms with Crippen LogP contribution in [0.25, 0.3) is 43.7 Å². The van der Waals surface area contributed by atoms with E-state index in [1.165, 1.54) is 32.5 Å². The lowest BCUT2D eigenvalue weighted by Gasteiger charge is -2.12. The Bertz CT molecular complexity index is 1150. The Balaban J connectivity index is 1.94. The fourth-order valence-corrected chi connectivity index (χ4v) is 3.49. The van der Waals surface area contributed by atoms with Gasteiger partial charge in [0.05, 0.1) is 11.2 Å². The van der Waals surface area contributed by atoms with Gasteiger partial charge in [0.2, 0.25) is 0 Å². The van der Waals surface area contributed by atoms with E-state index in [2.05, 4.69) is 84.9 Å². The molecular weight excluding hydrogens is 290 g/mol. The van der Waals surface area contributed by atoms with Crippen LogP contribution in [0.2, 0.25) is 0 Å². The molecule has 0 spiro atoms. The van der Waals surface area contributed by atoms with Crippen molar-refractivity contribution < 1.29 is 0 Å². The SMILES string of the molecule is c1ccc2nc(-c3c4ccccc4cc4ccccc34)ccc2c1. The first-order chi connectivity index (χ1) is 11.9. The van der Waals surface area contributed by atoms with Crippen molar-refractivity contribution in [1.29, 1.82) is 0 Å². The Morgan fingerprint density at radius 1 is 0.500 bits per heavy atom. The van der Waals surface area contributed by atoms with Gasteiger partial charge in [-0.2, -0.15) is 0 Å². The molecule has 0 atom stereocenters. The van der Waals surface area contributed by atoms with Crippen LogP contribution in [0.1, 0.15) is 0 Å². The zero-order valence-corrected chi connectivity index (χ0v) is 13.1. The summed E-state index contributed by atoms with van der Waals surface area (Å²) in [5, 5.41) is 6.17. The molecule has 0 radical (unpaired) electrons. The minimum Gasteiger partial charge on any atom is -0.248 e. The Labute approximate surface area is 140 Å². The van der Waals surface area contributed by atoms with Crippen molar-refractivity contribution >= 4 is 32.4 Å². The van der Waals surface area contributed by atoms with E-state index in [0.717, 1.165) is 11.2 Å². The molecule has 0 aliphatic carbocycles. The summed E-state index contributed by atoms with van der Waals surface area (Å²) in [4.78, 5) is 4.95. The molecule has 112 valence electrons. The van der Waals surface area contributed by atoms with Crippen LogP contribution >= 0.6 is 0 Å².